The van der Waals surface area contributed by atoms with Crippen LogP contribution in [0.3, 0.4) is 0 Å². The van der Waals surface area contributed by atoms with Crippen LogP contribution in [0.1, 0.15) is 51.8 Å². The average Bonchev–Trinajstić information content (AvgIpc) is 2.88. The Morgan fingerprint density at radius 2 is 1.29 bits per heavy atom. The molecule has 0 spiro atoms. The Morgan fingerprint density at radius 3 is 1.88 bits per heavy atom. The number of hydrogen-bond donors (Lipinski definition) is 0. The van der Waals surface area contributed by atoms with E-state index in [-0.39, 0.29) is 5.56 Å². The summed E-state index contributed by atoms with van der Waals surface area (Å²) in [5, 5.41) is 8.85. The van der Waals surface area contributed by atoms with E-state index in [4.69, 9.17) is 5.26 Å². The fourth-order valence-corrected chi connectivity index (χ4v) is 4.10. The van der Waals surface area contributed by atoms with Gasteiger partial charge in [-0.3, -0.25) is 0 Å². The molecule has 0 aromatic heterocycles. The normalized spacial score (nSPS) is 11.9. The summed E-state index contributed by atoms with van der Waals surface area (Å²) in [5.41, 5.74) is 7.26. The quantitative estimate of drug-likeness (QED) is 0.252. The first kappa shape index (κ1) is 23.2. The van der Waals surface area contributed by atoms with Crippen molar-refractivity contribution >= 4 is 12.2 Å². The molecule has 0 aliphatic carbocycles. The van der Waals surface area contributed by atoms with Gasteiger partial charge in [-0.25, -0.2) is 4.39 Å². The number of halogens is 1. The van der Waals surface area contributed by atoms with Gasteiger partial charge in [0.05, 0.1) is 5.56 Å². The first-order chi connectivity index (χ1) is 16.6. The summed E-state index contributed by atoms with van der Waals surface area (Å²) in [6, 6.07) is 34.6. The Balaban J connectivity index is 1.30. The lowest BCUT2D eigenvalue weighted by Crippen LogP contribution is -1.98. The minimum atomic E-state index is -0.445. The Labute approximate surface area is 201 Å². The van der Waals surface area contributed by atoms with Crippen LogP contribution in [-0.2, 0) is 19.3 Å². The maximum absolute atomic E-state index is 13.8. The van der Waals surface area contributed by atoms with Gasteiger partial charge in [0, 0.05) is 0 Å². The zero-order chi connectivity index (χ0) is 23.8. The minimum absolute atomic E-state index is 0.0938. The number of aryl methyl sites for hydroxylation is 2. The van der Waals surface area contributed by atoms with Crippen LogP contribution in [0.5, 0.6) is 0 Å². The standard InChI is InChI=1S/C32H28FN/c1-24(30-5-3-2-4-6-30)21-28-16-13-27(14-17-28)12-9-25-7-10-26(11-8-25)15-18-29-19-20-31(23-34)32(33)22-29/h2-14,16-17,19-20,22,24H,15,18,21H2,1H3/t24-/m1/s1. The zero-order valence-electron chi connectivity index (χ0n) is 19.4. The van der Waals surface area contributed by atoms with Crippen molar-refractivity contribution in [2.24, 2.45) is 0 Å². The van der Waals surface area contributed by atoms with Crippen LogP contribution in [0.25, 0.3) is 12.2 Å². The van der Waals surface area contributed by atoms with Gasteiger partial charge in [0.15, 0.2) is 0 Å². The Bertz CT molecular complexity index is 1280. The fraction of sp³-hybridized carbons (Fsp3) is 0.156. The molecule has 0 heterocycles. The lowest BCUT2D eigenvalue weighted by atomic mass is 9.93. The van der Waals surface area contributed by atoms with Gasteiger partial charge in [-0.05, 0) is 70.7 Å². The summed E-state index contributed by atoms with van der Waals surface area (Å²) in [7, 11) is 0. The van der Waals surface area contributed by atoms with Crippen molar-refractivity contribution in [1.29, 1.82) is 5.26 Å². The second-order valence-electron chi connectivity index (χ2n) is 8.76. The molecule has 0 aliphatic rings. The Kier molecular flexibility index (Phi) is 7.68. The van der Waals surface area contributed by atoms with Crippen molar-refractivity contribution in [2.45, 2.75) is 32.1 Å². The average molecular weight is 446 g/mol. The summed E-state index contributed by atoms with van der Waals surface area (Å²) < 4.78 is 13.8. The number of rotatable bonds is 8. The molecule has 1 atom stereocenters. The highest BCUT2D eigenvalue weighted by molar-refractivity contribution is 5.69. The van der Waals surface area contributed by atoms with Gasteiger partial charge < -0.3 is 0 Å². The topological polar surface area (TPSA) is 23.8 Å². The zero-order valence-corrected chi connectivity index (χ0v) is 19.4. The van der Waals surface area contributed by atoms with Gasteiger partial charge in [0.25, 0.3) is 0 Å². The van der Waals surface area contributed by atoms with Crippen LogP contribution < -0.4 is 0 Å². The van der Waals surface area contributed by atoms with E-state index < -0.39 is 5.82 Å². The molecule has 4 aromatic carbocycles. The van der Waals surface area contributed by atoms with E-state index in [1.807, 2.05) is 12.1 Å². The van der Waals surface area contributed by atoms with Gasteiger partial charge in [-0.15, -0.1) is 0 Å². The molecule has 0 saturated heterocycles. The highest BCUT2D eigenvalue weighted by atomic mass is 19.1. The number of nitrogens with zero attached hydrogens (tertiary/aromatic N) is 1. The highest BCUT2D eigenvalue weighted by Gasteiger charge is 2.06. The fourth-order valence-electron chi connectivity index (χ4n) is 4.10. The summed E-state index contributed by atoms with van der Waals surface area (Å²) in [4.78, 5) is 0. The van der Waals surface area contributed by atoms with Crippen molar-refractivity contribution in [3.05, 3.63) is 142 Å². The molecule has 4 rings (SSSR count). The van der Waals surface area contributed by atoms with Crippen molar-refractivity contribution in [3.8, 4) is 6.07 Å². The number of hydrogen-bond acceptors (Lipinski definition) is 1. The number of nitriles is 1. The van der Waals surface area contributed by atoms with Crippen molar-refractivity contribution in [2.75, 3.05) is 0 Å². The highest BCUT2D eigenvalue weighted by Crippen LogP contribution is 2.21. The molecule has 0 bridgehead atoms. The first-order valence-corrected chi connectivity index (χ1v) is 11.7. The molecule has 0 unspecified atom stereocenters. The predicted octanol–water partition coefficient (Wildman–Crippen LogP) is 8.00. The molecule has 0 amide bonds. The Morgan fingerprint density at radius 1 is 0.735 bits per heavy atom. The molecule has 4 aromatic rings. The van der Waals surface area contributed by atoms with E-state index in [0.717, 1.165) is 30.4 Å². The lowest BCUT2D eigenvalue weighted by molar-refractivity contribution is 0.621. The summed E-state index contributed by atoms with van der Waals surface area (Å²) in [5.74, 6) is 0.0521. The third-order valence-corrected chi connectivity index (χ3v) is 6.19. The SMILES string of the molecule is C[C@H](Cc1ccc(C=Cc2ccc(CCc3ccc(C#N)c(F)c3)cc2)cc1)c1ccccc1. The van der Waals surface area contributed by atoms with Crippen molar-refractivity contribution in [3.63, 3.8) is 0 Å². The van der Waals surface area contributed by atoms with Crippen LogP contribution in [0, 0.1) is 17.1 Å². The van der Waals surface area contributed by atoms with E-state index in [2.05, 4.69) is 97.9 Å². The van der Waals surface area contributed by atoms with E-state index >= 15 is 0 Å². The summed E-state index contributed by atoms with van der Waals surface area (Å²) >= 11 is 0. The molecule has 0 aliphatic heterocycles. The van der Waals surface area contributed by atoms with Crippen LogP contribution >= 0.6 is 0 Å². The largest absolute Gasteiger partial charge is 0.206 e. The van der Waals surface area contributed by atoms with Gasteiger partial charge in [-0.2, -0.15) is 5.26 Å². The third kappa shape index (κ3) is 6.30. The molecular formula is C32H28FN. The van der Waals surface area contributed by atoms with Gasteiger partial charge in [-0.1, -0.05) is 104 Å². The number of benzene rings is 4. The molecule has 0 N–H and O–H groups in total. The van der Waals surface area contributed by atoms with Crippen molar-refractivity contribution < 1.29 is 4.39 Å². The maximum Gasteiger partial charge on any atom is 0.141 e. The molecule has 1 nitrogen and oxygen atoms in total. The van der Waals surface area contributed by atoms with Crippen LogP contribution in [0.2, 0.25) is 0 Å². The van der Waals surface area contributed by atoms with E-state index in [1.54, 1.807) is 6.07 Å². The van der Waals surface area contributed by atoms with E-state index in [9.17, 15) is 4.39 Å². The Hall–Kier alpha value is -3.96. The van der Waals surface area contributed by atoms with Crippen LogP contribution in [-0.4, -0.2) is 0 Å². The minimum Gasteiger partial charge on any atom is -0.206 e. The molecule has 168 valence electrons. The second kappa shape index (κ2) is 11.3. The molecule has 34 heavy (non-hydrogen) atoms. The van der Waals surface area contributed by atoms with Crippen LogP contribution in [0.4, 0.5) is 4.39 Å². The van der Waals surface area contributed by atoms with E-state index in [0.29, 0.717) is 5.92 Å². The predicted molar refractivity (Wildman–Crippen MR) is 139 cm³/mol. The molecule has 0 fully saturated rings. The van der Waals surface area contributed by atoms with E-state index in [1.165, 1.54) is 28.3 Å². The smallest absolute Gasteiger partial charge is 0.141 e. The molecule has 0 radical (unpaired) electrons. The van der Waals surface area contributed by atoms with Gasteiger partial charge in [0.1, 0.15) is 11.9 Å². The molecular weight excluding hydrogens is 417 g/mol. The monoisotopic (exact) mass is 445 g/mol. The summed E-state index contributed by atoms with van der Waals surface area (Å²) in [6.07, 6.45) is 6.87. The molecule has 0 saturated carbocycles. The van der Waals surface area contributed by atoms with Crippen LogP contribution in [0.15, 0.2) is 97.1 Å². The van der Waals surface area contributed by atoms with Crippen molar-refractivity contribution in [1.82, 2.24) is 0 Å². The second-order valence-corrected chi connectivity index (χ2v) is 8.76. The third-order valence-electron chi connectivity index (χ3n) is 6.19. The maximum atomic E-state index is 13.8. The molecule has 2 heteroatoms. The lowest BCUT2D eigenvalue weighted by Gasteiger charge is -2.12. The van der Waals surface area contributed by atoms with Gasteiger partial charge >= 0.3 is 0 Å². The first-order valence-electron chi connectivity index (χ1n) is 11.7. The van der Waals surface area contributed by atoms with Gasteiger partial charge in [0.2, 0.25) is 0 Å². The summed E-state index contributed by atoms with van der Waals surface area (Å²) in [6.45, 7) is 2.27.